The van der Waals surface area contributed by atoms with Gasteiger partial charge in [-0.1, -0.05) is 12.1 Å². The molecule has 0 spiro atoms. The molecule has 2 aromatic rings. The van der Waals surface area contributed by atoms with E-state index in [4.69, 9.17) is 4.74 Å². The molecule has 2 rings (SSSR count). The Kier molecular flexibility index (Phi) is 5.09. The molecule has 1 aromatic heterocycles. The summed E-state index contributed by atoms with van der Waals surface area (Å²) >= 11 is 0. The van der Waals surface area contributed by atoms with Crippen LogP contribution in [0.25, 0.3) is 0 Å². The molecule has 3 N–H and O–H groups in total. The Bertz CT molecular complexity index is 601. The molecule has 1 heterocycles. The van der Waals surface area contributed by atoms with Gasteiger partial charge in [0.15, 0.2) is 0 Å². The largest absolute Gasteiger partial charge is 0.444 e. The Morgan fingerprint density at radius 3 is 2.68 bits per heavy atom. The zero-order valence-electron chi connectivity index (χ0n) is 13.3. The predicted molar refractivity (Wildman–Crippen MR) is 87.6 cm³/mol. The van der Waals surface area contributed by atoms with Gasteiger partial charge >= 0.3 is 6.09 Å². The highest BCUT2D eigenvalue weighted by Crippen LogP contribution is 2.12. The number of hydrogen-bond donors (Lipinski definition) is 3. The zero-order chi connectivity index (χ0) is 16.0. The molecule has 1 amide bonds. The Morgan fingerprint density at radius 1 is 1.18 bits per heavy atom. The highest BCUT2D eigenvalue weighted by molar-refractivity contribution is 5.67. The van der Waals surface area contributed by atoms with Gasteiger partial charge in [0.25, 0.3) is 0 Å². The summed E-state index contributed by atoms with van der Waals surface area (Å²) in [6, 6.07) is 9.99. The zero-order valence-corrected chi connectivity index (χ0v) is 13.3. The molecule has 118 valence electrons. The second-order valence-electron chi connectivity index (χ2n) is 6.13. The fraction of sp³-hybridized carbons (Fsp3) is 0.353. The van der Waals surface area contributed by atoms with Crippen LogP contribution in [0.2, 0.25) is 0 Å². The highest BCUT2D eigenvalue weighted by Gasteiger charge is 2.15. The van der Waals surface area contributed by atoms with Crippen LogP contribution < -0.4 is 10.6 Å². The van der Waals surface area contributed by atoms with E-state index in [1.165, 1.54) is 5.56 Å². The Morgan fingerprint density at radius 2 is 2.00 bits per heavy atom. The summed E-state index contributed by atoms with van der Waals surface area (Å²) in [7, 11) is 0. The average Bonchev–Trinajstić information content (AvgIpc) is 2.95. The van der Waals surface area contributed by atoms with Crippen molar-refractivity contribution in [2.75, 3.05) is 5.32 Å². The number of hydrogen-bond acceptors (Lipinski definition) is 3. The second-order valence-corrected chi connectivity index (χ2v) is 6.13. The number of amides is 1. The van der Waals surface area contributed by atoms with Crippen molar-refractivity contribution < 1.29 is 9.53 Å². The summed E-state index contributed by atoms with van der Waals surface area (Å²) in [6.07, 6.45) is 3.46. The molecule has 0 aliphatic rings. The maximum absolute atomic E-state index is 11.6. The maximum atomic E-state index is 11.6. The van der Waals surface area contributed by atoms with Gasteiger partial charge in [-0.25, -0.2) is 4.79 Å². The van der Waals surface area contributed by atoms with Crippen molar-refractivity contribution in [3.05, 3.63) is 53.9 Å². The third-order valence-corrected chi connectivity index (χ3v) is 2.92. The molecule has 5 heteroatoms. The van der Waals surface area contributed by atoms with Gasteiger partial charge in [0, 0.05) is 31.2 Å². The number of anilines is 1. The third kappa shape index (κ3) is 5.52. The number of ether oxygens (including phenoxy) is 1. The summed E-state index contributed by atoms with van der Waals surface area (Å²) in [5.41, 5.74) is 2.75. The van der Waals surface area contributed by atoms with E-state index in [9.17, 15) is 4.79 Å². The minimum Gasteiger partial charge on any atom is -0.444 e. The molecule has 5 nitrogen and oxygen atoms in total. The number of carbonyl (C=O) groups is 1. The molecule has 0 aliphatic carbocycles. The number of nitrogens with one attached hydrogen (secondary N) is 3. The van der Waals surface area contributed by atoms with Crippen LogP contribution >= 0.6 is 0 Å². The average molecular weight is 301 g/mol. The first-order valence-corrected chi connectivity index (χ1v) is 7.34. The van der Waals surface area contributed by atoms with Gasteiger partial charge in [-0.15, -0.1) is 0 Å². The number of aromatic nitrogens is 1. The normalized spacial score (nSPS) is 11.0. The fourth-order valence-corrected chi connectivity index (χ4v) is 1.95. The van der Waals surface area contributed by atoms with Crippen molar-refractivity contribution in [1.82, 2.24) is 10.3 Å². The lowest BCUT2D eigenvalue weighted by molar-refractivity contribution is 0.0523. The molecule has 0 saturated heterocycles. The van der Waals surface area contributed by atoms with Crippen molar-refractivity contribution in [3.8, 4) is 0 Å². The monoisotopic (exact) mass is 301 g/mol. The quantitative estimate of drug-likeness (QED) is 0.789. The molecule has 0 saturated carbocycles. The van der Waals surface area contributed by atoms with Gasteiger partial charge in [-0.3, -0.25) is 0 Å². The topological polar surface area (TPSA) is 66.2 Å². The van der Waals surface area contributed by atoms with E-state index < -0.39 is 11.7 Å². The van der Waals surface area contributed by atoms with Gasteiger partial charge in [0.2, 0.25) is 0 Å². The maximum Gasteiger partial charge on any atom is 0.407 e. The number of alkyl carbamates (subject to hydrolysis) is 1. The lowest BCUT2D eigenvalue weighted by atomic mass is 10.2. The van der Waals surface area contributed by atoms with Crippen LogP contribution in [0, 0.1) is 0 Å². The molecule has 22 heavy (non-hydrogen) atoms. The highest BCUT2D eigenvalue weighted by atomic mass is 16.6. The number of carbonyl (C=O) groups excluding carboxylic acids is 1. The molecule has 0 fully saturated rings. The first-order chi connectivity index (χ1) is 10.4. The minimum atomic E-state index is -0.482. The van der Waals surface area contributed by atoms with E-state index in [1.807, 2.05) is 63.5 Å². The van der Waals surface area contributed by atoms with Crippen LogP contribution in [0.1, 0.15) is 31.9 Å². The van der Waals surface area contributed by atoms with Crippen LogP contribution in [0.15, 0.2) is 42.7 Å². The van der Waals surface area contributed by atoms with Gasteiger partial charge < -0.3 is 20.4 Å². The molecule has 0 unspecified atom stereocenters. The van der Waals surface area contributed by atoms with E-state index in [-0.39, 0.29) is 0 Å². The number of benzene rings is 1. The van der Waals surface area contributed by atoms with E-state index in [1.54, 1.807) is 0 Å². The van der Waals surface area contributed by atoms with E-state index >= 15 is 0 Å². The SMILES string of the molecule is CC(C)(C)OC(=O)NCc1cccc(NCc2cc[nH]c2)c1. The van der Waals surface area contributed by atoms with Gasteiger partial charge in [0.05, 0.1) is 0 Å². The summed E-state index contributed by atoms with van der Waals surface area (Å²) in [5, 5.41) is 6.11. The smallest absolute Gasteiger partial charge is 0.407 e. The Labute approximate surface area is 131 Å². The summed E-state index contributed by atoms with van der Waals surface area (Å²) in [5.74, 6) is 0. The number of H-pyrrole nitrogens is 1. The number of aromatic amines is 1. The van der Waals surface area contributed by atoms with Gasteiger partial charge in [0.1, 0.15) is 5.60 Å². The molecular formula is C17H23N3O2. The summed E-state index contributed by atoms with van der Waals surface area (Å²) < 4.78 is 5.22. The summed E-state index contributed by atoms with van der Waals surface area (Å²) in [4.78, 5) is 14.7. The van der Waals surface area contributed by atoms with E-state index in [0.717, 1.165) is 17.8 Å². The summed E-state index contributed by atoms with van der Waals surface area (Å²) in [6.45, 7) is 6.73. The predicted octanol–water partition coefficient (Wildman–Crippen LogP) is 3.65. The second kappa shape index (κ2) is 7.02. The van der Waals surface area contributed by atoms with Crippen LogP contribution in [0.3, 0.4) is 0 Å². The van der Waals surface area contributed by atoms with Crippen LogP contribution in [0.5, 0.6) is 0 Å². The van der Waals surface area contributed by atoms with Crippen LogP contribution in [-0.4, -0.2) is 16.7 Å². The van der Waals surface area contributed by atoms with Gasteiger partial charge in [-0.2, -0.15) is 0 Å². The van der Waals surface area contributed by atoms with Crippen molar-refractivity contribution >= 4 is 11.8 Å². The lowest BCUT2D eigenvalue weighted by Gasteiger charge is -2.19. The van der Waals surface area contributed by atoms with Crippen molar-refractivity contribution in [2.24, 2.45) is 0 Å². The third-order valence-electron chi connectivity index (χ3n) is 2.92. The van der Waals surface area contributed by atoms with E-state index in [0.29, 0.717) is 6.54 Å². The van der Waals surface area contributed by atoms with Gasteiger partial charge in [-0.05, 0) is 50.1 Å². The van der Waals surface area contributed by atoms with Crippen LogP contribution in [-0.2, 0) is 17.8 Å². The molecule has 0 radical (unpaired) electrons. The molecule has 0 atom stereocenters. The first-order valence-electron chi connectivity index (χ1n) is 7.34. The standard InChI is InChI=1S/C17H23N3O2/c1-17(2,3)22-16(21)20-11-13-5-4-6-15(9-13)19-12-14-7-8-18-10-14/h4-10,18-19H,11-12H2,1-3H3,(H,20,21). The fourth-order valence-electron chi connectivity index (χ4n) is 1.95. The Balaban J connectivity index is 1.84. The minimum absolute atomic E-state index is 0.404. The van der Waals surface area contributed by atoms with Crippen LogP contribution in [0.4, 0.5) is 10.5 Å². The lowest BCUT2D eigenvalue weighted by Crippen LogP contribution is -2.32. The van der Waals surface area contributed by atoms with Crippen molar-refractivity contribution in [1.29, 1.82) is 0 Å². The van der Waals surface area contributed by atoms with E-state index in [2.05, 4.69) is 15.6 Å². The molecule has 0 bridgehead atoms. The molecule has 0 aliphatic heterocycles. The molecule has 1 aromatic carbocycles. The first kappa shape index (κ1) is 15.9. The van der Waals surface area contributed by atoms with Crippen molar-refractivity contribution in [2.45, 2.75) is 39.5 Å². The van der Waals surface area contributed by atoms with Crippen molar-refractivity contribution in [3.63, 3.8) is 0 Å². The Hall–Kier alpha value is -2.43. The number of rotatable bonds is 5. The molecular weight excluding hydrogens is 278 g/mol.